The summed E-state index contributed by atoms with van der Waals surface area (Å²) in [5.74, 6) is 0.243. The molecule has 0 saturated heterocycles. The summed E-state index contributed by atoms with van der Waals surface area (Å²) in [6.45, 7) is 2.45. The molecule has 0 fully saturated rings. The van der Waals surface area contributed by atoms with Crippen molar-refractivity contribution in [2.24, 2.45) is 0 Å². The van der Waals surface area contributed by atoms with Crippen LogP contribution in [0.4, 0.5) is 10.5 Å². The van der Waals surface area contributed by atoms with Crippen LogP contribution < -0.4 is 16.2 Å². The van der Waals surface area contributed by atoms with Gasteiger partial charge in [0.05, 0.1) is 30.5 Å². The van der Waals surface area contributed by atoms with Gasteiger partial charge in [0.15, 0.2) is 0 Å². The number of nitrogens with one attached hydrogen (secondary N) is 2. The van der Waals surface area contributed by atoms with E-state index in [1.165, 1.54) is 0 Å². The summed E-state index contributed by atoms with van der Waals surface area (Å²) in [6, 6.07) is 21.7. The van der Waals surface area contributed by atoms with Gasteiger partial charge in [-0.3, -0.25) is 14.2 Å². The Hall–Kier alpha value is -4.17. The normalized spacial score (nSPS) is 10.8. The Morgan fingerprint density at radius 2 is 1.78 bits per heavy atom. The Balaban J connectivity index is 1.62. The van der Waals surface area contributed by atoms with E-state index < -0.39 is 6.03 Å². The number of fused-ring (bicyclic) bond motifs is 1. The standard InChI is InChI=1S/C28H27ClN4O4/c1-2-37-26(34)13-14-30-28(36)31-22-11-12-24-23(17-22)27(35)33(18-20-9-6-10-21(29)15-20)25(32-24)16-19-7-4-3-5-8-19/h3-12,15,17H,2,13-14,16,18H2,1H3,(H2,30,31,36). The van der Waals surface area contributed by atoms with Crippen LogP contribution in [0, 0.1) is 0 Å². The van der Waals surface area contributed by atoms with Crippen LogP contribution in [0.15, 0.2) is 77.6 Å². The maximum absolute atomic E-state index is 13.7. The first-order chi connectivity index (χ1) is 17.9. The van der Waals surface area contributed by atoms with Crippen molar-refractivity contribution in [1.29, 1.82) is 0 Å². The van der Waals surface area contributed by atoms with Gasteiger partial charge in [0.1, 0.15) is 5.82 Å². The quantitative estimate of drug-likeness (QED) is 0.311. The summed E-state index contributed by atoms with van der Waals surface area (Å²) >= 11 is 6.18. The number of anilines is 1. The summed E-state index contributed by atoms with van der Waals surface area (Å²) in [5.41, 5.74) is 2.66. The van der Waals surface area contributed by atoms with Crippen LogP contribution >= 0.6 is 11.6 Å². The topological polar surface area (TPSA) is 102 Å². The van der Waals surface area contributed by atoms with Crippen molar-refractivity contribution in [2.45, 2.75) is 26.3 Å². The Labute approximate surface area is 219 Å². The molecule has 190 valence electrons. The lowest BCUT2D eigenvalue weighted by atomic mass is 10.1. The monoisotopic (exact) mass is 518 g/mol. The molecule has 0 radical (unpaired) electrons. The number of ether oxygens (including phenoxy) is 1. The minimum atomic E-state index is -0.489. The molecule has 0 spiro atoms. The third-order valence-corrected chi connectivity index (χ3v) is 5.88. The summed E-state index contributed by atoms with van der Waals surface area (Å²) in [7, 11) is 0. The van der Waals surface area contributed by atoms with E-state index in [4.69, 9.17) is 21.3 Å². The number of carbonyl (C=O) groups excluding carboxylic acids is 2. The first-order valence-electron chi connectivity index (χ1n) is 11.9. The molecule has 0 aliphatic heterocycles. The number of hydrogen-bond acceptors (Lipinski definition) is 5. The zero-order valence-corrected chi connectivity index (χ0v) is 21.1. The smallest absolute Gasteiger partial charge is 0.319 e. The summed E-state index contributed by atoms with van der Waals surface area (Å²) in [6.07, 6.45) is 0.552. The van der Waals surface area contributed by atoms with Gasteiger partial charge in [-0.05, 0) is 48.4 Å². The molecule has 0 aliphatic rings. The first-order valence-corrected chi connectivity index (χ1v) is 12.3. The van der Waals surface area contributed by atoms with Crippen LogP contribution in [-0.2, 0) is 22.5 Å². The molecular weight excluding hydrogens is 492 g/mol. The molecule has 0 saturated carbocycles. The van der Waals surface area contributed by atoms with Crippen LogP contribution in [0.3, 0.4) is 0 Å². The molecule has 0 unspecified atom stereocenters. The number of nitrogens with zero attached hydrogens (tertiary/aromatic N) is 2. The predicted molar refractivity (Wildman–Crippen MR) is 144 cm³/mol. The fourth-order valence-electron chi connectivity index (χ4n) is 3.93. The number of aromatic nitrogens is 2. The highest BCUT2D eigenvalue weighted by molar-refractivity contribution is 6.30. The molecule has 0 bridgehead atoms. The average Bonchev–Trinajstić information content (AvgIpc) is 2.87. The first kappa shape index (κ1) is 25.9. The highest BCUT2D eigenvalue weighted by atomic mass is 35.5. The lowest BCUT2D eigenvalue weighted by Gasteiger charge is -2.15. The van der Waals surface area contributed by atoms with Crippen LogP contribution in [0.1, 0.15) is 30.3 Å². The summed E-state index contributed by atoms with van der Waals surface area (Å²) in [5, 5.41) is 6.27. The largest absolute Gasteiger partial charge is 0.466 e. The zero-order chi connectivity index (χ0) is 26.2. The maximum Gasteiger partial charge on any atom is 0.319 e. The molecule has 9 heteroatoms. The van der Waals surface area contributed by atoms with Crippen molar-refractivity contribution < 1.29 is 14.3 Å². The van der Waals surface area contributed by atoms with E-state index in [0.29, 0.717) is 40.4 Å². The van der Waals surface area contributed by atoms with Gasteiger partial charge < -0.3 is 15.4 Å². The third-order valence-electron chi connectivity index (χ3n) is 5.65. The maximum atomic E-state index is 13.7. The lowest BCUT2D eigenvalue weighted by molar-refractivity contribution is -0.142. The van der Waals surface area contributed by atoms with Gasteiger partial charge in [0.2, 0.25) is 0 Å². The van der Waals surface area contributed by atoms with E-state index in [0.717, 1.165) is 11.1 Å². The van der Waals surface area contributed by atoms with E-state index in [-0.39, 0.29) is 31.1 Å². The number of carbonyl (C=O) groups is 2. The fraction of sp³-hybridized carbons (Fsp3) is 0.214. The van der Waals surface area contributed by atoms with Gasteiger partial charge in [-0.2, -0.15) is 0 Å². The van der Waals surface area contributed by atoms with E-state index in [2.05, 4.69) is 10.6 Å². The van der Waals surface area contributed by atoms with Crippen molar-refractivity contribution >= 4 is 40.2 Å². The third kappa shape index (κ3) is 6.95. The SMILES string of the molecule is CCOC(=O)CCNC(=O)Nc1ccc2nc(Cc3ccccc3)n(Cc3cccc(Cl)c3)c(=O)c2c1. The molecule has 1 heterocycles. The number of amides is 2. The molecule has 0 aliphatic carbocycles. The highest BCUT2D eigenvalue weighted by Gasteiger charge is 2.14. The van der Waals surface area contributed by atoms with Gasteiger partial charge in [-0.15, -0.1) is 0 Å². The van der Waals surface area contributed by atoms with Crippen molar-refractivity contribution in [3.8, 4) is 0 Å². The Kier molecular flexibility index (Phi) is 8.53. The number of esters is 1. The molecule has 37 heavy (non-hydrogen) atoms. The molecule has 0 atom stereocenters. The number of rotatable bonds is 9. The average molecular weight is 519 g/mol. The second kappa shape index (κ2) is 12.2. The molecule has 3 aromatic carbocycles. The fourth-order valence-corrected chi connectivity index (χ4v) is 4.14. The molecule has 4 aromatic rings. The van der Waals surface area contributed by atoms with Crippen molar-refractivity contribution in [2.75, 3.05) is 18.5 Å². The predicted octanol–water partition coefficient (Wildman–Crippen LogP) is 4.76. The highest BCUT2D eigenvalue weighted by Crippen LogP contribution is 2.19. The second-order valence-corrected chi connectivity index (χ2v) is 8.82. The van der Waals surface area contributed by atoms with E-state index in [9.17, 15) is 14.4 Å². The van der Waals surface area contributed by atoms with Crippen LogP contribution in [-0.4, -0.2) is 34.7 Å². The van der Waals surface area contributed by atoms with Gasteiger partial charge in [-0.1, -0.05) is 54.1 Å². The van der Waals surface area contributed by atoms with E-state index in [1.807, 2.05) is 48.5 Å². The Morgan fingerprint density at radius 1 is 1.00 bits per heavy atom. The lowest BCUT2D eigenvalue weighted by Crippen LogP contribution is -2.31. The van der Waals surface area contributed by atoms with E-state index in [1.54, 1.807) is 35.8 Å². The van der Waals surface area contributed by atoms with Crippen LogP contribution in [0.5, 0.6) is 0 Å². The zero-order valence-electron chi connectivity index (χ0n) is 20.4. The summed E-state index contributed by atoms with van der Waals surface area (Å²) < 4.78 is 6.49. The molecule has 8 nitrogen and oxygen atoms in total. The van der Waals surface area contributed by atoms with Crippen molar-refractivity contribution in [3.63, 3.8) is 0 Å². The minimum Gasteiger partial charge on any atom is -0.466 e. The van der Waals surface area contributed by atoms with Gasteiger partial charge in [0.25, 0.3) is 5.56 Å². The van der Waals surface area contributed by atoms with E-state index >= 15 is 0 Å². The Bertz CT molecular complexity index is 1470. The summed E-state index contributed by atoms with van der Waals surface area (Å²) in [4.78, 5) is 42.2. The van der Waals surface area contributed by atoms with Gasteiger partial charge >= 0.3 is 12.0 Å². The van der Waals surface area contributed by atoms with Crippen LogP contribution in [0.2, 0.25) is 5.02 Å². The second-order valence-electron chi connectivity index (χ2n) is 8.38. The number of halogens is 1. The van der Waals surface area contributed by atoms with Crippen molar-refractivity contribution in [3.05, 3.63) is 105 Å². The number of urea groups is 1. The van der Waals surface area contributed by atoms with Gasteiger partial charge in [0, 0.05) is 23.7 Å². The molecule has 2 N–H and O–H groups in total. The number of benzene rings is 3. The molecule has 2 amide bonds. The number of hydrogen-bond donors (Lipinski definition) is 2. The molecular formula is C28H27ClN4O4. The van der Waals surface area contributed by atoms with Crippen LogP contribution in [0.25, 0.3) is 10.9 Å². The van der Waals surface area contributed by atoms with Crippen molar-refractivity contribution in [1.82, 2.24) is 14.9 Å². The molecule has 4 rings (SSSR count). The minimum absolute atomic E-state index is 0.0707. The molecule has 1 aromatic heterocycles. The Morgan fingerprint density at radius 3 is 2.54 bits per heavy atom. The van der Waals surface area contributed by atoms with Gasteiger partial charge in [-0.25, -0.2) is 9.78 Å².